The van der Waals surface area contributed by atoms with Gasteiger partial charge in [0.25, 0.3) is 5.91 Å². The topological polar surface area (TPSA) is 70.0 Å². The van der Waals surface area contributed by atoms with E-state index in [1.807, 2.05) is 34.9 Å². The van der Waals surface area contributed by atoms with E-state index < -0.39 is 5.54 Å². The molecule has 1 amide bonds. The fourth-order valence-electron chi connectivity index (χ4n) is 3.97. The number of carbonyl (C=O) groups is 1. The van der Waals surface area contributed by atoms with Gasteiger partial charge in [0.2, 0.25) is 5.43 Å². The standard InChI is InChI=1S/C21H24N2O5/c1-22-20(25)18-19(28-11-15-6-4-3-5-7-15)17(24)10-16(12-26-2)23(18)13-21(22)8-9-27-14-21/h3-7,10H,8-9,11-14H2,1-2H3. The number of likely N-dealkylation sites (N-methyl/N-ethyl adjacent to an activating group) is 1. The van der Waals surface area contributed by atoms with E-state index in [0.29, 0.717) is 25.5 Å². The third-order valence-electron chi connectivity index (χ3n) is 5.63. The molecule has 0 radical (unpaired) electrons. The third-order valence-corrected chi connectivity index (χ3v) is 5.63. The summed E-state index contributed by atoms with van der Waals surface area (Å²) in [5.74, 6) is -0.135. The van der Waals surface area contributed by atoms with Crippen molar-refractivity contribution in [3.8, 4) is 5.75 Å². The van der Waals surface area contributed by atoms with Gasteiger partial charge in [0.15, 0.2) is 11.4 Å². The largest absolute Gasteiger partial charge is 0.483 e. The molecule has 0 bridgehead atoms. The van der Waals surface area contributed by atoms with Gasteiger partial charge in [-0.1, -0.05) is 30.3 Å². The summed E-state index contributed by atoms with van der Waals surface area (Å²) in [4.78, 5) is 27.8. The fraction of sp³-hybridized carbons (Fsp3) is 0.429. The first-order chi connectivity index (χ1) is 13.6. The molecule has 2 aromatic rings. The lowest BCUT2D eigenvalue weighted by atomic mass is 9.92. The van der Waals surface area contributed by atoms with Crippen LogP contribution in [-0.4, -0.2) is 48.3 Å². The lowest BCUT2D eigenvalue weighted by Crippen LogP contribution is -2.58. The lowest BCUT2D eigenvalue weighted by Gasteiger charge is -2.43. The molecule has 7 heteroatoms. The summed E-state index contributed by atoms with van der Waals surface area (Å²) in [6.45, 7) is 2.11. The average molecular weight is 384 g/mol. The molecular formula is C21H24N2O5. The van der Waals surface area contributed by atoms with Gasteiger partial charge >= 0.3 is 0 Å². The number of aromatic nitrogens is 1. The number of hydrogen-bond donors (Lipinski definition) is 0. The third kappa shape index (κ3) is 3.10. The second-order valence-electron chi connectivity index (χ2n) is 7.36. The van der Waals surface area contributed by atoms with Crippen molar-refractivity contribution < 1.29 is 19.0 Å². The van der Waals surface area contributed by atoms with E-state index in [9.17, 15) is 9.59 Å². The molecule has 2 aliphatic rings. The van der Waals surface area contributed by atoms with Crippen LogP contribution in [0, 0.1) is 0 Å². The van der Waals surface area contributed by atoms with Crippen LogP contribution in [0.25, 0.3) is 0 Å². The van der Waals surface area contributed by atoms with Crippen LogP contribution in [0.2, 0.25) is 0 Å². The Labute approximate surface area is 163 Å². The molecule has 28 heavy (non-hydrogen) atoms. The summed E-state index contributed by atoms with van der Waals surface area (Å²) in [5.41, 5.74) is 1.17. The highest BCUT2D eigenvalue weighted by molar-refractivity contribution is 5.96. The smallest absolute Gasteiger partial charge is 0.274 e. The van der Waals surface area contributed by atoms with Gasteiger partial charge < -0.3 is 23.7 Å². The van der Waals surface area contributed by atoms with Crippen molar-refractivity contribution in [2.75, 3.05) is 27.4 Å². The van der Waals surface area contributed by atoms with Crippen LogP contribution in [0.1, 0.15) is 28.2 Å². The first kappa shape index (κ1) is 18.7. The van der Waals surface area contributed by atoms with Crippen LogP contribution in [0.4, 0.5) is 0 Å². The van der Waals surface area contributed by atoms with Gasteiger partial charge in [0, 0.05) is 39.1 Å². The molecule has 7 nitrogen and oxygen atoms in total. The molecule has 148 valence electrons. The minimum Gasteiger partial charge on any atom is -0.483 e. The second kappa shape index (κ2) is 7.41. The molecule has 2 aliphatic heterocycles. The first-order valence-corrected chi connectivity index (χ1v) is 9.34. The molecule has 4 rings (SSSR count). The van der Waals surface area contributed by atoms with Crippen molar-refractivity contribution in [1.29, 1.82) is 0 Å². The van der Waals surface area contributed by atoms with E-state index in [2.05, 4.69) is 0 Å². The van der Waals surface area contributed by atoms with Crippen molar-refractivity contribution in [3.05, 3.63) is 63.6 Å². The van der Waals surface area contributed by atoms with E-state index in [4.69, 9.17) is 14.2 Å². The van der Waals surface area contributed by atoms with Crippen LogP contribution in [0.3, 0.4) is 0 Å². The summed E-state index contributed by atoms with van der Waals surface area (Å²) >= 11 is 0. The maximum absolute atomic E-state index is 13.3. The van der Waals surface area contributed by atoms with E-state index >= 15 is 0 Å². The number of pyridine rings is 1. The van der Waals surface area contributed by atoms with Crippen LogP contribution >= 0.6 is 0 Å². The number of hydrogen-bond acceptors (Lipinski definition) is 5. The van der Waals surface area contributed by atoms with Gasteiger partial charge in [-0.05, 0) is 12.0 Å². The molecule has 1 saturated heterocycles. The van der Waals surface area contributed by atoms with E-state index in [0.717, 1.165) is 12.0 Å². The highest BCUT2D eigenvalue weighted by atomic mass is 16.5. The Hall–Kier alpha value is -2.64. The number of rotatable bonds is 5. The number of ether oxygens (including phenoxy) is 3. The minimum atomic E-state index is -0.404. The van der Waals surface area contributed by atoms with Crippen molar-refractivity contribution in [3.63, 3.8) is 0 Å². The van der Waals surface area contributed by atoms with E-state index in [1.54, 1.807) is 19.1 Å². The SMILES string of the molecule is COCc1cc(=O)c(OCc2ccccc2)c2n1CC1(CCOC1)N(C)C2=O. The summed E-state index contributed by atoms with van der Waals surface area (Å²) in [6, 6.07) is 11.1. The molecule has 0 N–H and O–H groups in total. The zero-order valence-electron chi connectivity index (χ0n) is 16.1. The Morgan fingerprint density at radius 3 is 2.64 bits per heavy atom. The van der Waals surface area contributed by atoms with Gasteiger partial charge in [-0.2, -0.15) is 0 Å². The molecule has 1 aromatic carbocycles. The Morgan fingerprint density at radius 1 is 1.18 bits per heavy atom. The van der Waals surface area contributed by atoms with Crippen molar-refractivity contribution in [1.82, 2.24) is 9.47 Å². The number of methoxy groups -OCH3 is 1. The van der Waals surface area contributed by atoms with Crippen molar-refractivity contribution in [2.45, 2.75) is 31.7 Å². The predicted octanol–water partition coefficient (Wildman–Crippen LogP) is 1.82. The molecule has 1 aromatic heterocycles. The summed E-state index contributed by atoms with van der Waals surface area (Å²) in [7, 11) is 3.34. The fourth-order valence-corrected chi connectivity index (χ4v) is 3.97. The molecule has 0 saturated carbocycles. The Kier molecular flexibility index (Phi) is 4.95. The number of benzene rings is 1. The molecule has 1 fully saturated rings. The maximum Gasteiger partial charge on any atom is 0.274 e. The molecule has 3 heterocycles. The zero-order valence-corrected chi connectivity index (χ0v) is 16.1. The van der Waals surface area contributed by atoms with Crippen LogP contribution in [0.15, 0.2) is 41.2 Å². The Morgan fingerprint density at radius 2 is 1.96 bits per heavy atom. The quantitative estimate of drug-likeness (QED) is 0.787. The molecular weight excluding hydrogens is 360 g/mol. The minimum absolute atomic E-state index is 0.0920. The number of fused-ring (bicyclic) bond motifs is 1. The van der Waals surface area contributed by atoms with Gasteiger partial charge in [-0.3, -0.25) is 9.59 Å². The predicted molar refractivity (Wildman–Crippen MR) is 102 cm³/mol. The van der Waals surface area contributed by atoms with Crippen molar-refractivity contribution in [2.24, 2.45) is 0 Å². The van der Waals surface area contributed by atoms with E-state index in [1.165, 1.54) is 6.07 Å². The van der Waals surface area contributed by atoms with Gasteiger partial charge in [-0.25, -0.2) is 0 Å². The van der Waals surface area contributed by atoms with Crippen molar-refractivity contribution >= 4 is 5.91 Å². The zero-order chi connectivity index (χ0) is 19.7. The summed E-state index contributed by atoms with van der Waals surface area (Å²) < 4.78 is 18.6. The van der Waals surface area contributed by atoms with Crippen LogP contribution in [0.5, 0.6) is 5.75 Å². The van der Waals surface area contributed by atoms with Crippen LogP contribution < -0.4 is 10.2 Å². The van der Waals surface area contributed by atoms with Gasteiger partial charge in [0.05, 0.1) is 18.8 Å². The monoisotopic (exact) mass is 384 g/mol. The maximum atomic E-state index is 13.3. The summed E-state index contributed by atoms with van der Waals surface area (Å²) in [5, 5.41) is 0. The summed E-state index contributed by atoms with van der Waals surface area (Å²) in [6.07, 6.45) is 0.757. The van der Waals surface area contributed by atoms with Crippen LogP contribution in [-0.2, 0) is 29.2 Å². The average Bonchev–Trinajstić information content (AvgIpc) is 3.17. The highest BCUT2D eigenvalue weighted by Crippen LogP contribution is 2.35. The highest BCUT2D eigenvalue weighted by Gasteiger charge is 2.47. The normalized spacial score (nSPS) is 21.2. The number of carbonyl (C=O) groups excluding carboxylic acids is 1. The number of nitrogens with zero attached hydrogens (tertiary/aromatic N) is 2. The molecule has 1 atom stereocenters. The molecule has 0 aliphatic carbocycles. The van der Waals surface area contributed by atoms with Gasteiger partial charge in [0.1, 0.15) is 6.61 Å². The molecule has 1 unspecified atom stereocenters. The first-order valence-electron chi connectivity index (χ1n) is 9.34. The van der Waals surface area contributed by atoms with E-state index in [-0.39, 0.29) is 36.0 Å². The van der Waals surface area contributed by atoms with Gasteiger partial charge in [-0.15, -0.1) is 0 Å². The molecule has 1 spiro atoms. The number of amides is 1. The lowest BCUT2D eigenvalue weighted by molar-refractivity contribution is 0.0326. The second-order valence-corrected chi connectivity index (χ2v) is 7.36. The Bertz CT molecular complexity index is 932. The Balaban J connectivity index is 1.78.